The second-order valence-electron chi connectivity index (χ2n) is 8.14. The zero-order valence-corrected chi connectivity index (χ0v) is 17.4. The smallest absolute Gasteiger partial charge is 0.254 e. The maximum atomic E-state index is 13.5. The quantitative estimate of drug-likeness (QED) is 0.759. The molecule has 0 bridgehead atoms. The molecule has 2 aliphatic rings. The van der Waals surface area contributed by atoms with Crippen molar-refractivity contribution in [3.05, 3.63) is 71.5 Å². The minimum absolute atomic E-state index is 0.0000615. The van der Waals surface area contributed by atoms with E-state index in [0.29, 0.717) is 51.3 Å². The molecule has 2 heterocycles. The Labute approximate surface area is 181 Å². The van der Waals surface area contributed by atoms with E-state index in [9.17, 15) is 18.8 Å². The lowest BCUT2D eigenvalue weighted by Gasteiger charge is -2.24. The molecule has 1 unspecified atom stereocenters. The summed E-state index contributed by atoms with van der Waals surface area (Å²) in [5, 5.41) is 0. The molecule has 31 heavy (non-hydrogen) atoms. The third kappa shape index (κ3) is 4.93. The topological polar surface area (TPSA) is 60.9 Å². The van der Waals surface area contributed by atoms with Gasteiger partial charge < -0.3 is 14.7 Å². The average molecular weight is 423 g/mol. The van der Waals surface area contributed by atoms with Gasteiger partial charge in [0.2, 0.25) is 11.8 Å². The van der Waals surface area contributed by atoms with Crippen LogP contribution in [-0.2, 0) is 16.1 Å². The highest BCUT2D eigenvalue weighted by atomic mass is 19.1. The largest absolute Gasteiger partial charge is 0.341 e. The van der Waals surface area contributed by atoms with E-state index < -0.39 is 5.82 Å². The van der Waals surface area contributed by atoms with E-state index in [2.05, 4.69) is 0 Å². The van der Waals surface area contributed by atoms with Gasteiger partial charge in [0.25, 0.3) is 5.91 Å². The van der Waals surface area contributed by atoms with Crippen molar-refractivity contribution < 1.29 is 18.8 Å². The van der Waals surface area contributed by atoms with Crippen LogP contribution in [-0.4, -0.2) is 65.1 Å². The Morgan fingerprint density at radius 2 is 1.68 bits per heavy atom. The highest BCUT2D eigenvalue weighted by Gasteiger charge is 2.37. The number of carbonyl (C=O) groups excluding carboxylic acids is 3. The van der Waals surface area contributed by atoms with Crippen LogP contribution in [0.15, 0.2) is 54.6 Å². The van der Waals surface area contributed by atoms with Gasteiger partial charge in [0, 0.05) is 51.3 Å². The lowest BCUT2D eigenvalue weighted by molar-refractivity contribution is -0.135. The molecular weight excluding hydrogens is 397 g/mol. The van der Waals surface area contributed by atoms with Crippen LogP contribution in [0.1, 0.15) is 28.8 Å². The van der Waals surface area contributed by atoms with Crippen LogP contribution in [0.2, 0.25) is 0 Å². The Balaban J connectivity index is 1.34. The van der Waals surface area contributed by atoms with Crippen molar-refractivity contribution in [1.82, 2.24) is 14.7 Å². The molecule has 2 aromatic carbocycles. The normalized spacial score (nSPS) is 19.5. The Kier molecular flexibility index (Phi) is 6.30. The summed E-state index contributed by atoms with van der Waals surface area (Å²) in [5.74, 6) is -1.03. The summed E-state index contributed by atoms with van der Waals surface area (Å²) in [4.78, 5) is 43.4. The summed E-state index contributed by atoms with van der Waals surface area (Å²) in [5.41, 5.74) is 1.36. The van der Waals surface area contributed by atoms with E-state index in [0.717, 1.165) is 5.56 Å². The third-order valence-corrected chi connectivity index (χ3v) is 5.95. The zero-order valence-electron chi connectivity index (χ0n) is 17.4. The minimum atomic E-state index is -0.441. The maximum absolute atomic E-state index is 13.5. The third-order valence-electron chi connectivity index (χ3n) is 5.95. The molecule has 1 atom stereocenters. The molecule has 7 heteroatoms. The molecule has 2 aromatic rings. The van der Waals surface area contributed by atoms with Gasteiger partial charge in [0.1, 0.15) is 5.82 Å². The molecule has 0 radical (unpaired) electrons. The number of nitrogens with zero attached hydrogens (tertiary/aromatic N) is 3. The van der Waals surface area contributed by atoms with E-state index in [1.807, 2.05) is 30.3 Å². The number of benzene rings is 2. The van der Waals surface area contributed by atoms with Crippen molar-refractivity contribution in [2.45, 2.75) is 19.4 Å². The Hall–Kier alpha value is -3.22. The fourth-order valence-electron chi connectivity index (χ4n) is 4.30. The van der Waals surface area contributed by atoms with Crippen LogP contribution in [0.4, 0.5) is 4.39 Å². The van der Waals surface area contributed by atoms with Gasteiger partial charge in [-0.05, 0) is 30.2 Å². The highest BCUT2D eigenvalue weighted by molar-refractivity contribution is 5.94. The summed E-state index contributed by atoms with van der Waals surface area (Å²) >= 11 is 0. The molecule has 162 valence electrons. The van der Waals surface area contributed by atoms with Gasteiger partial charge in [-0.3, -0.25) is 14.4 Å². The van der Waals surface area contributed by atoms with E-state index in [1.165, 1.54) is 18.2 Å². The second-order valence-corrected chi connectivity index (χ2v) is 8.14. The lowest BCUT2D eigenvalue weighted by atomic mass is 10.1. The first-order chi connectivity index (χ1) is 15.0. The predicted molar refractivity (Wildman–Crippen MR) is 113 cm³/mol. The first kappa shape index (κ1) is 21.0. The van der Waals surface area contributed by atoms with Gasteiger partial charge in [0.05, 0.1) is 5.92 Å². The maximum Gasteiger partial charge on any atom is 0.254 e. The number of halogens is 1. The number of hydrogen-bond acceptors (Lipinski definition) is 3. The fourth-order valence-corrected chi connectivity index (χ4v) is 4.30. The van der Waals surface area contributed by atoms with Gasteiger partial charge in [0.15, 0.2) is 0 Å². The van der Waals surface area contributed by atoms with Gasteiger partial charge in [-0.2, -0.15) is 0 Å². The standard InChI is InChI=1S/C24H26FN3O3/c25-21-9-4-8-19(14-21)23(30)26-10-5-11-27(13-12-26)24(31)20-15-22(29)28(17-20)16-18-6-2-1-3-7-18/h1-4,6-9,14,20H,5,10-13,15-17H2. The van der Waals surface area contributed by atoms with Crippen molar-refractivity contribution in [3.8, 4) is 0 Å². The molecule has 0 aromatic heterocycles. The zero-order chi connectivity index (χ0) is 21.8. The molecule has 3 amide bonds. The van der Waals surface area contributed by atoms with Crippen LogP contribution in [0.5, 0.6) is 0 Å². The van der Waals surface area contributed by atoms with Crippen molar-refractivity contribution in [2.75, 3.05) is 32.7 Å². The molecule has 2 saturated heterocycles. The Morgan fingerprint density at radius 3 is 2.45 bits per heavy atom. The number of amides is 3. The predicted octanol–water partition coefficient (Wildman–Crippen LogP) is 2.55. The molecule has 6 nitrogen and oxygen atoms in total. The van der Waals surface area contributed by atoms with Crippen LogP contribution in [0, 0.1) is 11.7 Å². The van der Waals surface area contributed by atoms with E-state index >= 15 is 0 Å². The Morgan fingerprint density at radius 1 is 0.935 bits per heavy atom. The van der Waals surface area contributed by atoms with Crippen LogP contribution in [0.25, 0.3) is 0 Å². The molecule has 2 fully saturated rings. The molecule has 0 saturated carbocycles. The SMILES string of the molecule is O=C1CC(C(=O)N2CCCN(C(=O)c3cccc(F)c3)CC2)CN1Cc1ccccc1. The van der Waals surface area contributed by atoms with Crippen molar-refractivity contribution in [2.24, 2.45) is 5.92 Å². The van der Waals surface area contributed by atoms with Crippen molar-refractivity contribution >= 4 is 17.7 Å². The number of likely N-dealkylation sites (tertiary alicyclic amines) is 1. The fraction of sp³-hybridized carbons (Fsp3) is 0.375. The molecule has 2 aliphatic heterocycles. The number of rotatable bonds is 4. The van der Waals surface area contributed by atoms with Crippen molar-refractivity contribution in [1.29, 1.82) is 0 Å². The summed E-state index contributed by atoms with van der Waals surface area (Å²) in [6.45, 7) is 2.82. The van der Waals surface area contributed by atoms with Gasteiger partial charge >= 0.3 is 0 Å². The molecule has 4 rings (SSSR count). The van der Waals surface area contributed by atoms with E-state index in [-0.39, 0.29) is 30.1 Å². The molecular formula is C24H26FN3O3. The van der Waals surface area contributed by atoms with E-state index in [4.69, 9.17) is 0 Å². The molecule has 0 N–H and O–H groups in total. The number of hydrogen-bond donors (Lipinski definition) is 0. The van der Waals surface area contributed by atoms with Crippen LogP contribution >= 0.6 is 0 Å². The minimum Gasteiger partial charge on any atom is -0.341 e. The van der Waals surface area contributed by atoms with Gasteiger partial charge in [-0.1, -0.05) is 36.4 Å². The Bertz CT molecular complexity index is 966. The monoisotopic (exact) mass is 423 g/mol. The van der Waals surface area contributed by atoms with Crippen molar-refractivity contribution in [3.63, 3.8) is 0 Å². The van der Waals surface area contributed by atoms with Gasteiger partial charge in [-0.25, -0.2) is 4.39 Å². The van der Waals surface area contributed by atoms with Crippen LogP contribution < -0.4 is 0 Å². The summed E-state index contributed by atoms with van der Waals surface area (Å²) < 4.78 is 13.5. The van der Waals surface area contributed by atoms with Crippen LogP contribution in [0.3, 0.4) is 0 Å². The first-order valence-corrected chi connectivity index (χ1v) is 10.7. The number of carbonyl (C=O) groups is 3. The molecule has 0 spiro atoms. The lowest BCUT2D eigenvalue weighted by Crippen LogP contribution is -2.40. The van der Waals surface area contributed by atoms with Gasteiger partial charge in [-0.15, -0.1) is 0 Å². The summed E-state index contributed by atoms with van der Waals surface area (Å²) in [6, 6.07) is 15.4. The second kappa shape index (κ2) is 9.29. The first-order valence-electron chi connectivity index (χ1n) is 10.7. The highest BCUT2D eigenvalue weighted by Crippen LogP contribution is 2.23. The van der Waals surface area contributed by atoms with E-state index in [1.54, 1.807) is 20.8 Å². The molecule has 0 aliphatic carbocycles. The summed E-state index contributed by atoms with van der Waals surface area (Å²) in [7, 11) is 0. The average Bonchev–Trinajstić information content (AvgIpc) is 2.98. The summed E-state index contributed by atoms with van der Waals surface area (Å²) in [6.07, 6.45) is 0.884.